The van der Waals surface area contributed by atoms with Crippen molar-refractivity contribution in [2.75, 3.05) is 11.9 Å². The third kappa shape index (κ3) is 6.30. The van der Waals surface area contributed by atoms with E-state index in [0.29, 0.717) is 21.3 Å². The summed E-state index contributed by atoms with van der Waals surface area (Å²) in [6.45, 7) is 1.47. The summed E-state index contributed by atoms with van der Waals surface area (Å²) in [6, 6.07) is 18.2. The fraction of sp³-hybridized carbons (Fsp3) is 0.136. The molecule has 0 aromatic heterocycles. The third-order valence-electron chi connectivity index (χ3n) is 4.52. The maximum Gasteiger partial charge on any atom is 0.243 e. The van der Waals surface area contributed by atoms with Crippen molar-refractivity contribution in [1.29, 1.82) is 0 Å². The van der Waals surface area contributed by atoms with E-state index in [9.17, 15) is 13.2 Å². The molecule has 3 rings (SSSR count). The van der Waals surface area contributed by atoms with Crippen LogP contribution >= 0.6 is 39.1 Å². The molecular formula is C22H19BrCl2N2O3S. The lowest BCUT2D eigenvalue weighted by Gasteiger charge is -2.22. The highest BCUT2D eigenvalue weighted by molar-refractivity contribution is 9.10. The standard InChI is InChI=1S/C22H19BrCl2N2O3S/c1-15-2-7-19(25)12-21(15)26-22(28)14-27(13-16-3-8-18(24)9-4-16)31(29,30)20-10-5-17(23)6-11-20/h2-12H,13-14H2,1H3,(H,26,28). The van der Waals surface area contributed by atoms with Gasteiger partial charge in [-0.25, -0.2) is 8.42 Å². The van der Waals surface area contributed by atoms with E-state index in [1.807, 2.05) is 6.92 Å². The van der Waals surface area contributed by atoms with Crippen molar-refractivity contribution in [3.63, 3.8) is 0 Å². The first kappa shape index (κ1) is 23.8. The van der Waals surface area contributed by atoms with Crippen molar-refractivity contribution in [2.24, 2.45) is 0 Å². The number of benzene rings is 3. The molecule has 3 aromatic rings. The minimum Gasteiger partial charge on any atom is -0.325 e. The van der Waals surface area contributed by atoms with Gasteiger partial charge in [0.2, 0.25) is 15.9 Å². The molecule has 0 atom stereocenters. The highest BCUT2D eigenvalue weighted by Crippen LogP contribution is 2.23. The Kier molecular flexibility index (Phi) is 7.78. The Morgan fingerprint density at radius 2 is 1.58 bits per heavy atom. The molecule has 1 amide bonds. The van der Waals surface area contributed by atoms with Gasteiger partial charge in [-0.3, -0.25) is 4.79 Å². The van der Waals surface area contributed by atoms with Crippen molar-refractivity contribution in [2.45, 2.75) is 18.4 Å². The van der Waals surface area contributed by atoms with Gasteiger partial charge in [0, 0.05) is 26.8 Å². The highest BCUT2D eigenvalue weighted by Gasteiger charge is 2.27. The number of sulfonamides is 1. The summed E-state index contributed by atoms with van der Waals surface area (Å²) < 4.78 is 28.5. The number of carbonyl (C=O) groups is 1. The number of halogens is 3. The van der Waals surface area contributed by atoms with Gasteiger partial charge in [-0.15, -0.1) is 0 Å². The molecule has 0 heterocycles. The third-order valence-corrected chi connectivity index (χ3v) is 7.34. The average molecular weight is 542 g/mol. The number of nitrogens with one attached hydrogen (secondary N) is 1. The summed E-state index contributed by atoms with van der Waals surface area (Å²) >= 11 is 15.3. The van der Waals surface area contributed by atoms with Gasteiger partial charge in [-0.1, -0.05) is 57.3 Å². The zero-order chi connectivity index (χ0) is 22.6. The van der Waals surface area contributed by atoms with Crippen LogP contribution in [0.25, 0.3) is 0 Å². The minimum absolute atomic E-state index is 0.0114. The van der Waals surface area contributed by atoms with Gasteiger partial charge in [0.15, 0.2) is 0 Å². The molecule has 0 saturated carbocycles. The van der Waals surface area contributed by atoms with Crippen LogP contribution in [0.3, 0.4) is 0 Å². The SMILES string of the molecule is Cc1ccc(Cl)cc1NC(=O)CN(Cc1ccc(Cl)cc1)S(=O)(=O)c1ccc(Br)cc1. The van der Waals surface area contributed by atoms with Gasteiger partial charge in [-0.05, 0) is 66.6 Å². The topological polar surface area (TPSA) is 66.5 Å². The predicted molar refractivity (Wildman–Crippen MR) is 128 cm³/mol. The molecule has 0 radical (unpaired) electrons. The van der Waals surface area contributed by atoms with Crippen molar-refractivity contribution in [3.8, 4) is 0 Å². The van der Waals surface area contributed by atoms with Crippen LogP contribution in [0, 0.1) is 6.92 Å². The van der Waals surface area contributed by atoms with Gasteiger partial charge in [0.25, 0.3) is 0 Å². The van der Waals surface area contributed by atoms with Crippen molar-refractivity contribution >= 4 is 60.7 Å². The Morgan fingerprint density at radius 1 is 0.968 bits per heavy atom. The molecule has 0 bridgehead atoms. The van der Waals surface area contributed by atoms with Crippen LogP contribution in [-0.2, 0) is 21.4 Å². The second-order valence-electron chi connectivity index (χ2n) is 6.86. The minimum atomic E-state index is -3.94. The zero-order valence-corrected chi connectivity index (χ0v) is 20.4. The number of amides is 1. The molecule has 5 nitrogen and oxygen atoms in total. The Balaban J connectivity index is 1.89. The van der Waals surface area contributed by atoms with E-state index in [1.54, 1.807) is 54.6 Å². The molecule has 0 aliphatic heterocycles. The molecule has 0 fully saturated rings. The van der Waals surface area contributed by atoms with Crippen LogP contribution in [-0.4, -0.2) is 25.2 Å². The summed E-state index contributed by atoms with van der Waals surface area (Å²) in [4.78, 5) is 12.9. The van der Waals surface area contributed by atoms with Crippen molar-refractivity contribution < 1.29 is 13.2 Å². The van der Waals surface area contributed by atoms with Crippen LogP contribution < -0.4 is 5.32 Å². The van der Waals surface area contributed by atoms with Gasteiger partial charge >= 0.3 is 0 Å². The Bertz CT molecular complexity index is 1180. The molecule has 1 N–H and O–H groups in total. The van der Waals surface area contributed by atoms with E-state index in [0.717, 1.165) is 14.3 Å². The van der Waals surface area contributed by atoms with E-state index in [2.05, 4.69) is 21.2 Å². The number of nitrogens with zero attached hydrogens (tertiary/aromatic N) is 1. The molecule has 31 heavy (non-hydrogen) atoms. The lowest BCUT2D eigenvalue weighted by atomic mass is 10.2. The molecule has 0 aliphatic rings. The van der Waals surface area contributed by atoms with Gasteiger partial charge in [0.05, 0.1) is 11.4 Å². The summed E-state index contributed by atoms with van der Waals surface area (Å²) in [5, 5.41) is 3.77. The zero-order valence-electron chi connectivity index (χ0n) is 16.5. The first-order chi connectivity index (χ1) is 14.6. The smallest absolute Gasteiger partial charge is 0.243 e. The van der Waals surface area contributed by atoms with E-state index in [-0.39, 0.29) is 18.0 Å². The highest BCUT2D eigenvalue weighted by atomic mass is 79.9. The summed E-state index contributed by atoms with van der Waals surface area (Å²) in [5.41, 5.74) is 2.06. The molecule has 0 spiro atoms. The molecule has 0 saturated heterocycles. The molecule has 0 unspecified atom stereocenters. The van der Waals surface area contributed by atoms with E-state index < -0.39 is 15.9 Å². The summed E-state index contributed by atoms with van der Waals surface area (Å²) in [7, 11) is -3.94. The maximum atomic E-state index is 13.3. The van der Waals surface area contributed by atoms with Crippen LogP contribution in [0.1, 0.15) is 11.1 Å². The Hall–Kier alpha value is -1.90. The largest absolute Gasteiger partial charge is 0.325 e. The number of hydrogen-bond acceptors (Lipinski definition) is 3. The maximum absolute atomic E-state index is 13.3. The van der Waals surface area contributed by atoms with E-state index in [1.165, 1.54) is 12.1 Å². The first-order valence-corrected chi connectivity index (χ1v) is 12.2. The van der Waals surface area contributed by atoms with Crippen molar-refractivity contribution in [3.05, 3.63) is 92.4 Å². The van der Waals surface area contributed by atoms with E-state index >= 15 is 0 Å². The molecule has 0 aliphatic carbocycles. The molecule has 9 heteroatoms. The quantitative estimate of drug-likeness (QED) is 0.405. The van der Waals surface area contributed by atoms with Crippen LogP contribution in [0.15, 0.2) is 76.1 Å². The number of hydrogen-bond donors (Lipinski definition) is 1. The fourth-order valence-corrected chi connectivity index (χ4v) is 4.80. The number of anilines is 1. The monoisotopic (exact) mass is 540 g/mol. The fourth-order valence-electron chi connectivity index (χ4n) is 2.85. The van der Waals surface area contributed by atoms with Gasteiger partial charge in [-0.2, -0.15) is 4.31 Å². The molecular weight excluding hydrogens is 523 g/mol. The van der Waals surface area contributed by atoms with Crippen LogP contribution in [0.4, 0.5) is 5.69 Å². The second kappa shape index (κ2) is 10.1. The predicted octanol–water partition coefficient (Wildman–Crippen LogP) is 5.89. The second-order valence-corrected chi connectivity index (χ2v) is 10.6. The molecule has 162 valence electrons. The number of aryl methyl sites for hydroxylation is 1. The summed E-state index contributed by atoms with van der Waals surface area (Å²) in [6.07, 6.45) is 0. The molecule has 3 aromatic carbocycles. The lowest BCUT2D eigenvalue weighted by molar-refractivity contribution is -0.116. The van der Waals surface area contributed by atoms with Crippen molar-refractivity contribution in [1.82, 2.24) is 4.31 Å². The lowest BCUT2D eigenvalue weighted by Crippen LogP contribution is -2.37. The first-order valence-electron chi connectivity index (χ1n) is 9.21. The number of rotatable bonds is 7. The van der Waals surface area contributed by atoms with Gasteiger partial charge in [0.1, 0.15) is 0 Å². The van der Waals surface area contributed by atoms with Crippen LogP contribution in [0.5, 0.6) is 0 Å². The Morgan fingerprint density at radius 3 is 2.23 bits per heavy atom. The van der Waals surface area contributed by atoms with Gasteiger partial charge < -0.3 is 5.32 Å². The summed E-state index contributed by atoms with van der Waals surface area (Å²) in [5.74, 6) is -0.472. The average Bonchev–Trinajstić information content (AvgIpc) is 2.72. The van der Waals surface area contributed by atoms with Crippen LogP contribution in [0.2, 0.25) is 10.0 Å². The number of carbonyl (C=O) groups excluding carboxylic acids is 1. The Labute approximate surface area is 200 Å². The normalized spacial score (nSPS) is 11.5. The van der Waals surface area contributed by atoms with E-state index in [4.69, 9.17) is 23.2 Å².